The predicted molar refractivity (Wildman–Crippen MR) is 111 cm³/mol. The number of rotatable bonds is 9. The summed E-state index contributed by atoms with van der Waals surface area (Å²) in [5.74, 6) is 0.214. The Balaban J connectivity index is 1.70. The van der Waals surface area contributed by atoms with Gasteiger partial charge >= 0.3 is 0 Å². The highest BCUT2D eigenvalue weighted by atomic mass is 32.2. The Labute approximate surface area is 161 Å². The van der Waals surface area contributed by atoms with E-state index < -0.39 is 0 Å². The van der Waals surface area contributed by atoms with E-state index in [-0.39, 0.29) is 5.78 Å². The molecule has 1 aliphatic rings. The van der Waals surface area contributed by atoms with Crippen LogP contribution in [-0.2, 0) is 0 Å². The van der Waals surface area contributed by atoms with Crippen LogP contribution in [0, 0.1) is 0 Å². The molecule has 26 heavy (non-hydrogen) atoms. The molecule has 1 heterocycles. The van der Waals surface area contributed by atoms with Gasteiger partial charge < -0.3 is 5.32 Å². The van der Waals surface area contributed by atoms with Crippen molar-refractivity contribution in [2.24, 2.45) is 0 Å². The maximum atomic E-state index is 12.8. The highest BCUT2D eigenvalue weighted by molar-refractivity contribution is 7.99. The lowest BCUT2D eigenvalue weighted by atomic mass is 10.1. The van der Waals surface area contributed by atoms with E-state index in [0.717, 1.165) is 55.7 Å². The van der Waals surface area contributed by atoms with Crippen LogP contribution in [0.15, 0.2) is 52.3 Å². The first-order valence-corrected chi connectivity index (χ1v) is 10.5. The van der Waals surface area contributed by atoms with Crippen LogP contribution in [0.3, 0.4) is 0 Å². The molecule has 0 aliphatic carbocycles. The van der Waals surface area contributed by atoms with Crippen LogP contribution < -0.4 is 5.32 Å². The van der Waals surface area contributed by atoms with Crippen molar-refractivity contribution in [1.29, 1.82) is 0 Å². The normalized spacial score (nSPS) is 12.4. The molecule has 0 bridgehead atoms. The fraction of sp³-hybridized carbons (Fsp3) is 0.409. The summed E-state index contributed by atoms with van der Waals surface area (Å²) in [5.41, 5.74) is 2.95. The van der Waals surface area contributed by atoms with Gasteiger partial charge in [0.15, 0.2) is 5.78 Å². The van der Waals surface area contributed by atoms with Crippen LogP contribution in [0.2, 0.25) is 0 Å². The smallest absolute Gasteiger partial charge is 0.176 e. The van der Waals surface area contributed by atoms with Crippen molar-refractivity contribution < 1.29 is 4.79 Å². The van der Waals surface area contributed by atoms with Crippen LogP contribution >= 0.6 is 11.8 Å². The molecule has 4 heteroatoms. The van der Waals surface area contributed by atoms with Crippen LogP contribution in [0.25, 0.3) is 0 Å². The van der Waals surface area contributed by atoms with Crippen molar-refractivity contribution >= 4 is 28.9 Å². The number of unbranched alkanes of at least 4 members (excludes halogenated alkanes) is 2. The molecule has 0 fully saturated rings. The van der Waals surface area contributed by atoms with Gasteiger partial charge in [-0.2, -0.15) is 0 Å². The first kappa shape index (κ1) is 19.0. The third kappa shape index (κ3) is 4.68. The molecule has 2 aromatic carbocycles. The summed E-state index contributed by atoms with van der Waals surface area (Å²) >= 11 is 1.75. The Bertz CT molecular complexity index is 752. The number of hydrogen-bond acceptors (Lipinski definition) is 4. The number of carbonyl (C=O) groups is 1. The summed E-state index contributed by atoms with van der Waals surface area (Å²) < 4.78 is 0. The molecule has 1 aliphatic heterocycles. The van der Waals surface area contributed by atoms with Gasteiger partial charge in [0.05, 0.1) is 17.9 Å². The van der Waals surface area contributed by atoms with Crippen molar-refractivity contribution in [2.45, 2.75) is 49.3 Å². The van der Waals surface area contributed by atoms with Gasteiger partial charge in [0.2, 0.25) is 0 Å². The lowest BCUT2D eigenvalue weighted by Crippen LogP contribution is -2.32. The van der Waals surface area contributed by atoms with E-state index in [1.54, 1.807) is 11.8 Å². The first-order chi connectivity index (χ1) is 12.7. The minimum absolute atomic E-state index is 0.214. The van der Waals surface area contributed by atoms with Crippen molar-refractivity contribution in [2.75, 3.05) is 25.0 Å². The fourth-order valence-electron chi connectivity index (χ4n) is 3.14. The topological polar surface area (TPSA) is 32.3 Å². The van der Waals surface area contributed by atoms with Gasteiger partial charge in [-0.05, 0) is 50.2 Å². The molecule has 0 spiro atoms. The minimum Gasteiger partial charge on any atom is -0.354 e. The zero-order chi connectivity index (χ0) is 18.4. The Morgan fingerprint density at radius 3 is 2.38 bits per heavy atom. The number of ketones is 1. The minimum atomic E-state index is 0.214. The van der Waals surface area contributed by atoms with E-state index in [9.17, 15) is 4.79 Å². The van der Waals surface area contributed by atoms with Crippen LogP contribution in [-0.4, -0.2) is 30.3 Å². The summed E-state index contributed by atoms with van der Waals surface area (Å²) in [5, 5.41) is 3.47. The number of carbonyl (C=O) groups excluding carboxylic acids is 1. The number of anilines is 2. The van der Waals surface area contributed by atoms with E-state index in [2.05, 4.69) is 48.3 Å². The SMILES string of the molecule is CCCCN(CCCC)CC(=O)c1ccc2c(c1)Nc1ccccc1S2. The Kier molecular flexibility index (Phi) is 6.75. The summed E-state index contributed by atoms with van der Waals surface area (Å²) in [7, 11) is 0. The maximum Gasteiger partial charge on any atom is 0.176 e. The number of para-hydroxylation sites is 1. The van der Waals surface area contributed by atoms with Gasteiger partial charge in [0.25, 0.3) is 0 Å². The third-order valence-corrected chi connectivity index (χ3v) is 5.85. The van der Waals surface area contributed by atoms with Crippen molar-refractivity contribution in [1.82, 2.24) is 4.90 Å². The molecule has 1 N–H and O–H groups in total. The number of nitrogens with one attached hydrogen (secondary N) is 1. The fourth-order valence-corrected chi connectivity index (χ4v) is 4.11. The predicted octanol–water partition coefficient (Wildman–Crippen LogP) is 5.98. The molecule has 3 nitrogen and oxygen atoms in total. The number of hydrogen-bond donors (Lipinski definition) is 1. The molecule has 0 aromatic heterocycles. The molecule has 3 rings (SSSR count). The number of fused-ring (bicyclic) bond motifs is 2. The summed E-state index contributed by atoms with van der Waals surface area (Å²) in [4.78, 5) is 17.5. The van der Waals surface area contributed by atoms with Gasteiger partial charge in [0.1, 0.15) is 0 Å². The monoisotopic (exact) mass is 368 g/mol. The highest BCUT2D eigenvalue weighted by Gasteiger charge is 2.18. The number of nitrogens with zero attached hydrogens (tertiary/aromatic N) is 1. The standard InChI is InChI=1S/C22H28N2OS/c1-3-5-13-24(14-6-4-2)16-20(25)17-11-12-22-19(15-17)23-18-9-7-8-10-21(18)26-22/h7-12,15,23H,3-6,13-14,16H2,1-2H3. The number of benzene rings is 2. The zero-order valence-corrected chi connectivity index (χ0v) is 16.6. The summed E-state index contributed by atoms with van der Waals surface area (Å²) in [6.45, 7) is 6.93. The van der Waals surface area contributed by atoms with E-state index in [1.807, 2.05) is 18.2 Å². The molecule has 2 aromatic rings. The van der Waals surface area contributed by atoms with E-state index in [4.69, 9.17) is 0 Å². The Morgan fingerprint density at radius 2 is 1.65 bits per heavy atom. The Hall–Kier alpha value is -1.78. The largest absolute Gasteiger partial charge is 0.354 e. The van der Waals surface area contributed by atoms with Crippen LogP contribution in [0.4, 0.5) is 11.4 Å². The van der Waals surface area contributed by atoms with Gasteiger partial charge in [-0.15, -0.1) is 0 Å². The molecule has 0 saturated heterocycles. The van der Waals surface area contributed by atoms with Crippen molar-refractivity contribution in [3.63, 3.8) is 0 Å². The van der Waals surface area contributed by atoms with Gasteiger partial charge in [0, 0.05) is 15.4 Å². The second-order valence-corrected chi connectivity index (χ2v) is 7.92. The second kappa shape index (κ2) is 9.24. The molecule has 138 valence electrons. The molecule has 0 unspecified atom stereocenters. The molecule has 0 amide bonds. The lowest BCUT2D eigenvalue weighted by Gasteiger charge is -2.23. The van der Waals surface area contributed by atoms with Gasteiger partial charge in [-0.1, -0.05) is 56.7 Å². The number of Topliss-reactive ketones (excluding diaryl/α,β-unsaturated/α-hetero) is 1. The summed E-state index contributed by atoms with van der Waals surface area (Å²) in [6, 6.07) is 14.3. The molecule has 0 radical (unpaired) electrons. The molecule has 0 saturated carbocycles. The lowest BCUT2D eigenvalue weighted by molar-refractivity contribution is 0.0928. The average Bonchev–Trinajstić information content (AvgIpc) is 2.67. The van der Waals surface area contributed by atoms with E-state index in [0.29, 0.717) is 6.54 Å². The van der Waals surface area contributed by atoms with Crippen LogP contribution in [0.1, 0.15) is 49.9 Å². The molecular formula is C22H28N2OS. The van der Waals surface area contributed by atoms with Crippen molar-refractivity contribution in [3.8, 4) is 0 Å². The first-order valence-electron chi connectivity index (χ1n) is 9.64. The summed E-state index contributed by atoms with van der Waals surface area (Å²) in [6.07, 6.45) is 4.62. The van der Waals surface area contributed by atoms with Gasteiger partial charge in [-0.3, -0.25) is 9.69 Å². The molecule has 0 atom stereocenters. The van der Waals surface area contributed by atoms with E-state index >= 15 is 0 Å². The van der Waals surface area contributed by atoms with E-state index in [1.165, 1.54) is 9.79 Å². The molecular weight excluding hydrogens is 340 g/mol. The maximum absolute atomic E-state index is 12.8. The second-order valence-electron chi connectivity index (χ2n) is 6.84. The van der Waals surface area contributed by atoms with Gasteiger partial charge in [-0.25, -0.2) is 0 Å². The third-order valence-electron chi connectivity index (χ3n) is 4.70. The van der Waals surface area contributed by atoms with Crippen LogP contribution in [0.5, 0.6) is 0 Å². The average molecular weight is 369 g/mol. The van der Waals surface area contributed by atoms with Crippen molar-refractivity contribution in [3.05, 3.63) is 48.0 Å². The zero-order valence-electron chi connectivity index (χ0n) is 15.8. The quantitative estimate of drug-likeness (QED) is 0.471. The Morgan fingerprint density at radius 1 is 0.962 bits per heavy atom. The highest BCUT2D eigenvalue weighted by Crippen LogP contribution is 2.44.